The number of hydrogen-bond acceptors (Lipinski definition) is 5. The number of aromatic hydroxyl groups is 1. The molecule has 5 rings (SSSR count). The van der Waals surface area contributed by atoms with Gasteiger partial charge in [-0.15, -0.1) is 0 Å². The van der Waals surface area contributed by atoms with Crippen molar-refractivity contribution in [1.82, 2.24) is 20.5 Å². The maximum atomic E-state index is 14.6. The van der Waals surface area contributed by atoms with Crippen LogP contribution < -0.4 is 16.4 Å². The molecule has 0 aliphatic heterocycles. The molecule has 13 heteroatoms. The second-order valence-corrected chi connectivity index (χ2v) is 14.3. The Labute approximate surface area is 306 Å². The number of halogens is 2. The van der Waals surface area contributed by atoms with Crippen LogP contribution in [0.5, 0.6) is 5.75 Å². The number of rotatable bonds is 13. The first-order valence-corrected chi connectivity index (χ1v) is 17.7. The molecule has 0 fully saturated rings. The van der Waals surface area contributed by atoms with E-state index < -0.39 is 35.5 Å². The number of benzene rings is 3. The minimum atomic E-state index is -1.50. The van der Waals surface area contributed by atoms with E-state index >= 15 is 0 Å². The van der Waals surface area contributed by atoms with E-state index in [1.54, 1.807) is 48.5 Å². The zero-order valence-electron chi connectivity index (χ0n) is 27.8. The number of H-pyrrole nitrogens is 1. The standard InChI is InChI=1S/C37H41Cl2N5O5S/c1-3-21(2)31(33(40)50)42-35(47)37(16-15-29-27(19-37)26-17-24(38)18-28(39)32(26)41-29)43-34(46)30(14-11-22-9-12-25(45)13-10-22)44(36(48)49)20-23-7-5-4-6-8-23/h4-10,12-13,17-18,21,30-31,41,45H,3,11,14-16,19-20H2,1-2H3,(H2,40,50)(H,42,47)(H,43,46)(H,48,49)/t21?,30-,31-,37+/m0/s1. The highest BCUT2D eigenvalue weighted by Gasteiger charge is 2.47. The van der Waals surface area contributed by atoms with Gasteiger partial charge in [0.15, 0.2) is 0 Å². The van der Waals surface area contributed by atoms with Gasteiger partial charge in [0.1, 0.15) is 17.3 Å². The number of thiocarbonyl (C=S) groups is 1. The smallest absolute Gasteiger partial charge is 0.408 e. The molecular weight excluding hydrogens is 697 g/mol. The molecule has 4 atom stereocenters. The lowest BCUT2D eigenvalue weighted by molar-refractivity contribution is -0.137. The van der Waals surface area contributed by atoms with E-state index in [-0.39, 0.29) is 42.5 Å². The number of fused-ring (bicyclic) bond motifs is 3. The molecule has 1 aromatic heterocycles. The second-order valence-electron chi connectivity index (χ2n) is 13.0. The fraction of sp³-hybridized carbons (Fsp3) is 0.351. The van der Waals surface area contributed by atoms with Crippen molar-refractivity contribution in [1.29, 1.82) is 0 Å². The van der Waals surface area contributed by atoms with Crippen molar-refractivity contribution < 1.29 is 24.6 Å². The second kappa shape index (κ2) is 15.7. The van der Waals surface area contributed by atoms with E-state index in [1.807, 2.05) is 19.9 Å². The van der Waals surface area contributed by atoms with E-state index in [0.717, 1.165) is 27.1 Å². The Bertz CT molecular complexity index is 1890. The number of nitrogens with zero attached hydrogens (tertiary/aromatic N) is 1. The van der Waals surface area contributed by atoms with E-state index in [1.165, 1.54) is 12.1 Å². The Balaban J connectivity index is 1.56. The van der Waals surface area contributed by atoms with Crippen LogP contribution >= 0.6 is 35.4 Å². The number of nitrogens with one attached hydrogen (secondary N) is 3. The first-order chi connectivity index (χ1) is 23.8. The first kappa shape index (κ1) is 36.9. The van der Waals surface area contributed by atoms with Crippen molar-refractivity contribution in [3.05, 3.63) is 99.2 Å². The summed E-state index contributed by atoms with van der Waals surface area (Å²) < 4.78 is 0. The van der Waals surface area contributed by atoms with Gasteiger partial charge in [0.05, 0.1) is 21.6 Å². The quantitative estimate of drug-likeness (QED) is 0.0852. The van der Waals surface area contributed by atoms with Crippen LogP contribution in [-0.4, -0.2) is 60.6 Å². The van der Waals surface area contributed by atoms with Crippen molar-refractivity contribution in [2.24, 2.45) is 11.7 Å². The average Bonchev–Trinajstić information content (AvgIpc) is 3.45. The summed E-state index contributed by atoms with van der Waals surface area (Å²) >= 11 is 18.3. The molecule has 0 bridgehead atoms. The van der Waals surface area contributed by atoms with Crippen LogP contribution in [0.3, 0.4) is 0 Å². The normalized spacial score (nSPS) is 17.3. The molecule has 0 saturated heterocycles. The molecule has 1 heterocycles. The van der Waals surface area contributed by atoms with Gasteiger partial charge in [0.25, 0.3) is 0 Å². The zero-order valence-corrected chi connectivity index (χ0v) is 30.2. The lowest BCUT2D eigenvalue weighted by Gasteiger charge is -2.40. The maximum Gasteiger partial charge on any atom is 0.408 e. The van der Waals surface area contributed by atoms with Gasteiger partial charge in [-0.25, -0.2) is 4.79 Å². The topological polar surface area (TPSA) is 161 Å². The number of hydrogen-bond donors (Lipinski definition) is 6. The Morgan fingerprint density at radius 2 is 1.78 bits per heavy atom. The van der Waals surface area contributed by atoms with Crippen molar-refractivity contribution in [3.63, 3.8) is 0 Å². The van der Waals surface area contributed by atoms with Gasteiger partial charge in [-0.1, -0.05) is 98.2 Å². The molecule has 264 valence electrons. The summed E-state index contributed by atoms with van der Waals surface area (Å²) in [6, 6.07) is 17.1. The molecule has 10 nitrogen and oxygen atoms in total. The summed E-state index contributed by atoms with van der Waals surface area (Å²) in [7, 11) is 0. The Hall–Kier alpha value is -4.32. The van der Waals surface area contributed by atoms with Crippen LogP contribution in [0.15, 0.2) is 66.7 Å². The van der Waals surface area contributed by atoms with Crippen molar-refractivity contribution in [3.8, 4) is 5.75 Å². The number of phenolic OH excluding ortho intramolecular Hbond substituents is 1. The summed E-state index contributed by atoms with van der Waals surface area (Å²) in [6.45, 7) is 3.85. The molecule has 0 saturated carbocycles. The summed E-state index contributed by atoms with van der Waals surface area (Å²) in [4.78, 5) is 46.7. The number of aromatic amines is 1. The highest BCUT2D eigenvalue weighted by atomic mass is 35.5. The highest BCUT2D eigenvalue weighted by molar-refractivity contribution is 7.80. The van der Waals surface area contributed by atoms with Crippen LogP contribution in [0.1, 0.15) is 55.5 Å². The summed E-state index contributed by atoms with van der Waals surface area (Å²) in [5.74, 6) is -1.08. The molecule has 4 aromatic rings. The van der Waals surface area contributed by atoms with E-state index in [2.05, 4.69) is 15.6 Å². The molecule has 1 aliphatic rings. The van der Waals surface area contributed by atoms with E-state index in [0.29, 0.717) is 40.4 Å². The molecule has 7 N–H and O–H groups in total. The fourth-order valence-corrected chi connectivity index (χ4v) is 7.47. The summed E-state index contributed by atoms with van der Waals surface area (Å²) in [6.07, 6.45) is 0.524. The molecule has 0 spiro atoms. The predicted octanol–water partition coefficient (Wildman–Crippen LogP) is 6.52. The van der Waals surface area contributed by atoms with Gasteiger partial charge >= 0.3 is 6.09 Å². The molecule has 50 heavy (non-hydrogen) atoms. The van der Waals surface area contributed by atoms with Crippen molar-refractivity contribution >= 4 is 69.2 Å². The molecule has 3 amide bonds. The number of aromatic nitrogens is 1. The lowest BCUT2D eigenvalue weighted by atomic mass is 9.78. The van der Waals surface area contributed by atoms with Gasteiger partial charge in [-0.3, -0.25) is 14.5 Å². The number of phenols is 1. The Kier molecular flexibility index (Phi) is 11.6. The molecule has 1 aliphatic carbocycles. The number of carboxylic acid groups (broad SMARTS) is 1. The van der Waals surface area contributed by atoms with Crippen LogP contribution in [0.4, 0.5) is 4.79 Å². The van der Waals surface area contributed by atoms with Gasteiger partial charge in [-0.05, 0) is 72.6 Å². The summed E-state index contributed by atoms with van der Waals surface area (Å²) in [5, 5.41) is 28.0. The number of carbonyl (C=O) groups is 3. The third-order valence-corrected chi connectivity index (χ3v) is 10.4. The number of carbonyl (C=O) groups excluding carboxylic acids is 2. The number of aryl methyl sites for hydroxylation is 2. The third-order valence-electron chi connectivity index (χ3n) is 9.67. The molecule has 1 unspecified atom stereocenters. The van der Waals surface area contributed by atoms with Crippen molar-refractivity contribution in [2.45, 2.75) is 76.5 Å². The van der Waals surface area contributed by atoms with Gasteiger partial charge < -0.3 is 31.6 Å². The van der Waals surface area contributed by atoms with Crippen LogP contribution in [0, 0.1) is 5.92 Å². The number of amides is 3. The van der Waals surface area contributed by atoms with Crippen molar-refractivity contribution in [2.75, 3.05) is 0 Å². The van der Waals surface area contributed by atoms with Crippen LogP contribution in [0.25, 0.3) is 10.9 Å². The average molecular weight is 739 g/mol. The zero-order chi connectivity index (χ0) is 36.2. The van der Waals surface area contributed by atoms with Crippen LogP contribution in [0.2, 0.25) is 10.0 Å². The van der Waals surface area contributed by atoms with Crippen LogP contribution in [-0.2, 0) is 35.4 Å². The molecule has 3 aromatic carbocycles. The molecular formula is C37H41Cl2N5O5S. The molecule has 0 radical (unpaired) electrons. The fourth-order valence-electron chi connectivity index (χ4n) is 6.64. The van der Waals surface area contributed by atoms with Gasteiger partial charge in [0, 0.05) is 29.1 Å². The highest BCUT2D eigenvalue weighted by Crippen LogP contribution is 2.38. The van der Waals surface area contributed by atoms with E-state index in [9.17, 15) is 24.6 Å². The van der Waals surface area contributed by atoms with Gasteiger partial charge in [0.2, 0.25) is 11.8 Å². The summed E-state index contributed by atoms with van der Waals surface area (Å²) in [5.41, 5.74) is 8.44. The Morgan fingerprint density at radius 3 is 2.42 bits per heavy atom. The number of nitrogens with two attached hydrogens (primary N) is 1. The predicted molar refractivity (Wildman–Crippen MR) is 200 cm³/mol. The Morgan fingerprint density at radius 1 is 1.08 bits per heavy atom. The van der Waals surface area contributed by atoms with E-state index in [4.69, 9.17) is 41.2 Å². The minimum Gasteiger partial charge on any atom is -0.508 e. The van der Waals surface area contributed by atoms with Gasteiger partial charge in [-0.2, -0.15) is 0 Å². The third kappa shape index (κ3) is 8.17. The monoisotopic (exact) mass is 737 g/mol. The first-order valence-electron chi connectivity index (χ1n) is 16.5. The lowest BCUT2D eigenvalue weighted by Crippen LogP contribution is -2.66. The minimum absolute atomic E-state index is 0.0514. The largest absolute Gasteiger partial charge is 0.508 e. The maximum absolute atomic E-state index is 14.6. The SMILES string of the molecule is CCC(C)[C@H](NC(=O)[C@@]1(NC(=O)[C@H](CCc2ccc(O)cc2)N(Cc2ccccc2)C(=O)O)CCc2[nH]c3c(Cl)cc(Cl)cc3c2C1)C(N)=S.